The number of H-pyrrole nitrogens is 1. The van der Waals surface area contributed by atoms with Gasteiger partial charge in [-0.25, -0.2) is 4.98 Å². The van der Waals surface area contributed by atoms with Crippen LogP contribution in [-0.4, -0.2) is 33.5 Å². The number of aromatic nitrogens is 3. The Hall–Kier alpha value is -1.04. The molecule has 90 valence electrons. The van der Waals surface area contributed by atoms with Gasteiger partial charge in [0.05, 0.1) is 7.11 Å². The molecule has 0 saturated heterocycles. The highest BCUT2D eigenvalue weighted by Crippen LogP contribution is 2.26. The molecular weight excluding hydrogens is 226 g/mol. The standard InChI is InChI=1S/C10H17N3O2S/c1-5-7-11-10(13-12-7)16-8(6(2)3)9(14)15-4/h6,8H,5H2,1-4H3,(H,11,12,13). The van der Waals surface area contributed by atoms with Crippen LogP contribution in [0.15, 0.2) is 5.16 Å². The van der Waals surface area contributed by atoms with Crippen molar-refractivity contribution in [2.24, 2.45) is 5.92 Å². The molecule has 16 heavy (non-hydrogen) atoms. The Morgan fingerprint density at radius 2 is 2.25 bits per heavy atom. The van der Waals surface area contributed by atoms with E-state index in [-0.39, 0.29) is 17.1 Å². The second-order valence-electron chi connectivity index (χ2n) is 3.72. The number of nitrogens with zero attached hydrogens (tertiary/aromatic N) is 2. The SMILES string of the molecule is CCc1nc(SC(C(=O)OC)C(C)C)n[nH]1. The summed E-state index contributed by atoms with van der Waals surface area (Å²) in [6.45, 7) is 5.94. The molecule has 0 spiro atoms. The Balaban J connectivity index is 2.71. The van der Waals surface area contributed by atoms with Crippen molar-refractivity contribution in [2.75, 3.05) is 7.11 Å². The monoisotopic (exact) mass is 243 g/mol. The van der Waals surface area contributed by atoms with Crippen molar-refractivity contribution < 1.29 is 9.53 Å². The fraction of sp³-hybridized carbons (Fsp3) is 0.700. The van der Waals surface area contributed by atoms with E-state index in [9.17, 15) is 4.79 Å². The number of hydrogen-bond donors (Lipinski definition) is 1. The number of hydrogen-bond acceptors (Lipinski definition) is 5. The van der Waals surface area contributed by atoms with Gasteiger partial charge < -0.3 is 4.74 Å². The van der Waals surface area contributed by atoms with Crippen molar-refractivity contribution in [3.8, 4) is 0 Å². The second kappa shape index (κ2) is 5.89. The molecule has 1 rings (SSSR count). The largest absolute Gasteiger partial charge is 0.468 e. The summed E-state index contributed by atoms with van der Waals surface area (Å²) in [4.78, 5) is 15.8. The molecule has 1 N–H and O–H groups in total. The van der Waals surface area contributed by atoms with Crippen LogP contribution in [0.25, 0.3) is 0 Å². The number of thioether (sulfide) groups is 1. The first kappa shape index (κ1) is 13.0. The Morgan fingerprint density at radius 1 is 1.56 bits per heavy atom. The number of rotatable bonds is 5. The molecule has 1 atom stereocenters. The average Bonchev–Trinajstić information content (AvgIpc) is 2.72. The van der Waals surface area contributed by atoms with Gasteiger partial charge in [0, 0.05) is 6.42 Å². The highest BCUT2D eigenvalue weighted by Gasteiger charge is 2.25. The second-order valence-corrected chi connectivity index (χ2v) is 4.83. The van der Waals surface area contributed by atoms with E-state index in [1.807, 2.05) is 20.8 Å². The number of carbonyl (C=O) groups is 1. The fourth-order valence-electron chi connectivity index (χ4n) is 1.17. The van der Waals surface area contributed by atoms with E-state index in [4.69, 9.17) is 4.74 Å². The van der Waals surface area contributed by atoms with Crippen molar-refractivity contribution in [2.45, 2.75) is 37.6 Å². The molecule has 1 aromatic rings. The summed E-state index contributed by atoms with van der Waals surface area (Å²) in [7, 11) is 1.40. The van der Waals surface area contributed by atoms with Crippen molar-refractivity contribution in [3.05, 3.63) is 5.82 Å². The fourth-order valence-corrected chi connectivity index (χ4v) is 2.13. The number of aryl methyl sites for hydroxylation is 1. The molecule has 0 saturated carbocycles. The lowest BCUT2D eigenvalue weighted by Crippen LogP contribution is -2.24. The summed E-state index contributed by atoms with van der Waals surface area (Å²) < 4.78 is 4.75. The summed E-state index contributed by atoms with van der Waals surface area (Å²) in [6.07, 6.45) is 0.804. The van der Waals surface area contributed by atoms with Crippen molar-refractivity contribution in [1.29, 1.82) is 0 Å². The molecule has 0 aliphatic carbocycles. The van der Waals surface area contributed by atoms with Gasteiger partial charge in [-0.3, -0.25) is 9.89 Å². The smallest absolute Gasteiger partial charge is 0.319 e. The Kier molecular flexibility index (Phi) is 4.79. The maximum Gasteiger partial charge on any atom is 0.319 e. The number of esters is 1. The Labute approximate surface area is 99.4 Å². The van der Waals surface area contributed by atoms with Gasteiger partial charge in [0.15, 0.2) is 0 Å². The van der Waals surface area contributed by atoms with Gasteiger partial charge in [0.1, 0.15) is 11.1 Å². The molecule has 0 radical (unpaired) electrons. The van der Waals surface area contributed by atoms with Crippen LogP contribution in [-0.2, 0) is 16.0 Å². The average molecular weight is 243 g/mol. The Morgan fingerprint density at radius 3 is 2.69 bits per heavy atom. The van der Waals surface area contributed by atoms with Crippen LogP contribution in [0.2, 0.25) is 0 Å². The van der Waals surface area contributed by atoms with E-state index >= 15 is 0 Å². The number of nitrogens with one attached hydrogen (secondary N) is 1. The maximum absolute atomic E-state index is 11.5. The van der Waals surface area contributed by atoms with Gasteiger partial charge in [-0.1, -0.05) is 32.5 Å². The molecule has 0 aliphatic rings. The van der Waals surface area contributed by atoms with E-state index in [1.165, 1.54) is 18.9 Å². The van der Waals surface area contributed by atoms with Crippen molar-refractivity contribution in [3.63, 3.8) is 0 Å². The van der Waals surface area contributed by atoms with Gasteiger partial charge in [-0.15, -0.1) is 5.10 Å². The zero-order chi connectivity index (χ0) is 12.1. The van der Waals surface area contributed by atoms with Gasteiger partial charge in [0.25, 0.3) is 0 Å². The molecule has 1 aromatic heterocycles. The topological polar surface area (TPSA) is 67.9 Å². The predicted molar refractivity (Wildman–Crippen MR) is 62.3 cm³/mol. The van der Waals surface area contributed by atoms with E-state index in [2.05, 4.69) is 15.2 Å². The maximum atomic E-state index is 11.5. The van der Waals surface area contributed by atoms with Crippen LogP contribution in [0.5, 0.6) is 0 Å². The van der Waals surface area contributed by atoms with Crippen molar-refractivity contribution >= 4 is 17.7 Å². The molecule has 1 unspecified atom stereocenters. The first-order valence-electron chi connectivity index (χ1n) is 5.24. The lowest BCUT2D eigenvalue weighted by molar-refractivity contribution is -0.140. The summed E-state index contributed by atoms with van der Waals surface area (Å²) in [5.41, 5.74) is 0. The third-order valence-corrected chi connectivity index (χ3v) is 3.50. The van der Waals surface area contributed by atoms with Gasteiger partial charge in [-0.05, 0) is 5.92 Å². The predicted octanol–water partition coefficient (Wildman–Crippen LogP) is 1.66. The molecule has 0 aromatic carbocycles. The molecule has 5 nitrogen and oxygen atoms in total. The quantitative estimate of drug-likeness (QED) is 0.629. The summed E-state index contributed by atoms with van der Waals surface area (Å²) in [5, 5.41) is 7.21. The van der Waals surface area contributed by atoms with E-state index < -0.39 is 0 Å². The van der Waals surface area contributed by atoms with Crippen LogP contribution in [0.4, 0.5) is 0 Å². The summed E-state index contributed by atoms with van der Waals surface area (Å²) in [5.74, 6) is 0.777. The van der Waals surface area contributed by atoms with Gasteiger partial charge >= 0.3 is 5.97 Å². The van der Waals surface area contributed by atoms with Crippen molar-refractivity contribution in [1.82, 2.24) is 15.2 Å². The molecule has 1 heterocycles. The van der Waals surface area contributed by atoms with Crippen LogP contribution < -0.4 is 0 Å². The number of aromatic amines is 1. The third kappa shape index (κ3) is 3.23. The van der Waals surface area contributed by atoms with Crippen LogP contribution in [0.1, 0.15) is 26.6 Å². The summed E-state index contributed by atoms with van der Waals surface area (Å²) >= 11 is 1.34. The molecule has 0 aliphatic heterocycles. The first-order valence-corrected chi connectivity index (χ1v) is 6.12. The highest BCUT2D eigenvalue weighted by atomic mass is 32.2. The normalized spacial score (nSPS) is 12.8. The number of methoxy groups -OCH3 is 1. The van der Waals surface area contributed by atoms with Crippen LogP contribution in [0, 0.1) is 5.92 Å². The Bertz CT molecular complexity index is 352. The molecular formula is C10H17N3O2S. The lowest BCUT2D eigenvalue weighted by Gasteiger charge is -2.15. The molecule has 6 heteroatoms. The lowest BCUT2D eigenvalue weighted by atomic mass is 10.1. The molecule has 0 bridgehead atoms. The molecule has 0 amide bonds. The number of carbonyl (C=O) groups excluding carboxylic acids is 1. The molecule has 0 fully saturated rings. The summed E-state index contributed by atoms with van der Waals surface area (Å²) in [6, 6.07) is 0. The van der Waals surface area contributed by atoms with E-state index in [1.54, 1.807) is 0 Å². The van der Waals surface area contributed by atoms with Crippen LogP contribution in [0.3, 0.4) is 0 Å². The van der Waals surface area contributed by atoms with E-state index in [0.717, 1.165) is 12.2 Å². The minimum Gasteiger partial charge on any atom is -0.468 e. The minimum atomic E-state index is -0.259. The van der Waals surface area contributed by atoms with Gasteiger partial charge in [0.2, 0.25) is 5.16 Å². The van der Waals surface area contributed by atoms with E-state index in [0.29, 0.717) is 5.16 Å². The van der Waals surface area contributed by atoms with Gasteiger partial charge in [-0.2, -0.15) is 0 Å². The highest BCUT2D eigenvalue weighted by molar-refractivity contribution is 8.00. The zero-order valence-corrected chi connectivity index (χ0v) is 10.8. The third-order valence-electron chi connectivity index (χ3n) is 2.12. The minimum absolute atomic E-state index is 0.182. The first-order chi connectivity index (χ1) is 7.58. The number of ether oxygens (including phenoxy) is 1. The van der Waals surface area contributed by atoms with Crippen LogP contribution >= 0.6 is 11.8 Å². The zero-order valence-electron chi connectivity index (χ0n) is 9.98.